The molecule has 7 heteroatoms. The second-order valence-corrected chi connectivity index (χ2v) is 3.84. The van der Waals surface area contributed by atoms with Crippen LogP contribution < -0.4 is 0 Å². The molecule has 96 valence electrons. The Morgan fingerprint density at radius 2 is 2.28 bits per heavy atom. The molecule has 0 N–H and O–H groups in total. The Morgan fingerprint density at radius 1 is 1.50 bits per heavy atom. The smallest absolute Gasteiger partial charge is 0.360 e. The SMILES string of the molecule is CCOC(=O)c1nnn(Cc2cc(C)no2)c1C. The first kappa shape index (κ1) is 12.3. The summed E-state index contributed by atoms with van der Waals surface area (Å²) < 4.78 is 11.5. The van der Waals surface area contributed by atoms with Crippen molar-refractivity contribution >= 4 is 5.97 Å². The fourth-order valence-corrected chi connectivity index (χ4v) is 1.54. The number of hydrogen-bond acceptors (Lipinski definition) is 6. The summed E-state index contributed by atoms with van der Waals surface area (Å²) in [5.74, 6) is 0.200. The lowest BCUT2D eigenvalue weighted by molar-refractivity contribution is 0.0518. The third kappa shape index (κ3) is 2.39. The van der Waals surface area contributed by atoms with E-state index >= 15 is 0 Å². The van der Waals surface area contributed by atoms with E-state index in [1.54, 1.807) is 18.5 Å². The van der Waals surface area contributed by atoms with E-state index in [4.69, 9.17) is 9.26 Å². The van der Waals surface area contributed by atoms with Crippen molar-refractivity contribution < 1.29 is 14.1 Å². The minimum absolute atomic E-state index is 0.230. The first-order chi connectivity index (χ1) is 8.61. The molecule has 0 atom stereocenters. The molecule has 0 fully saturated rings. The summed E-state index contributed by atoms with van der Waals surface area (Å²) in [6.07, 6.45) is 0. The molecule has 0 aliphatic rings. The Hall–Kier alpha value is -2.18. The number of aryl methyl sites for hydroxylation is 1. The normalized spacial score (nSPS) is 10.6. The summed E-state index contributed by atoms with van der Waals surface area (Å²) in [6, 6.07) is 1.81. The molecule has 2 rings (SSSR count). The number of hydrogen-bond donors (Lipinski definition) is 0. The second kappa shape index (κ2) is 4.99. The zero-order valence-electron chi connectivity index (χ0n) is 10.5. The van der Waals surface area contributed by atoms with Crippen LogP contribution in [-0.4, -0.2) is 32.7 Å². The molecular formula is C11H14N4O3. The van der Waals surface area contributed by atoms with Crippen molar-refractivity contribution in [2.24, 2.45) is 0 Å². The maximum atomic E-state index is 11.6. The lowest BCUT2D eigenvalue weighted by atomic mass is 10.3. The van der Waals surface area contributed by atoms with Crippen LogP contribution in [-0.2, 0) is 11.3 Å². The molecule has 0 aromatic carbocycles. The van der Waals surface area contributed by atoms with Crippen molar-refractivity contribution in [1.29, 1.82) is 0 Å². The van der Waals surface area contributed by atoms with Gasteiger partial charge in [-0.15, -0.1) is 5.10 Å². The van der Waals surface area contributed by atoms with E-state index in [0.717, 1.165) is 5.69 Å². The van der Waals surface area contributed by atoms with Gasteiger partial charge in [0.1, 0.15) is 6.54 Å². The highest BCUT2D eigenvalue weighted by atomic mass is 16.5. The Bertz CT molecular complexity index is 558. The van der Waals surface area contributed by atoms with E-state index in [1.165, 1.54) is 0 Å². The van der Waals surface area contributed by atoms with Crippen molar-refractivity contribution in [3.63, 3.8) is 0 Å². The molecule has 0 saturated carbocycles. The quantitative estimate of drug-likeness (QED) is 0.756. The Balaban J connectivity index is 2.18. The summed E-state index contributed by atoms with van der Waals surface area (Å²) in [6.45, 7) is 6.04. The van der Waals surface area contributed by atoms with Crippen LogP contribution in [0.1, 0.15) is 34.6 Å². The van der Waals surface area contributed by atoms with Crippen LogP contribution in [0.3, 0.4) is 0 Å². The van der Waals surface area contributed by atoms with E-state index in [1.807, 2.05) is 13.0 Å². The maximum absolute atomic E-state index is 11.6. The molecule has 18 heavy (non-hydrogen) atoms. The van der Waals surface area contributed by atoms with Gasteiger partial charge in [-0.05, 0) is 20.8 Å². The largest absolute Gasteiger partial charge is 0.461 e. The molecule has 0 aliphatic carbocycles. The second-order valence-electron chi connectivity index (χ2n) is 3.84. The molecule has 0 saturated heterocycles. The van der Waals surface area contributed by atoms with Gasteiger partial charge < -0.3 is 9.26 Å². The van der Waals surface area contributed by atoms with Gasteiger partial charge in [0.05, 0.1) is 18.0 Å². The van der Waals surface area contributed by atoms with E-state index in [-0.39, 0.29) is 5.69 Å². The first-order valence-corrected chi connectivity index (χ1v) is 5.61. The monoisotopic (exact) mass is 250 g/mol. The molecule has 0 amide bonds. The van der Waals surface area contributed by atoms with Crippen molar-refractivity contribution in [2.75, 3.05) is 6.61 Å². The zero-order valence-corrected chi connectivity index (χ0v) is 10.5. The van der Waals surface area contributed by atoms with Gasteiger partial charge in [0, 0.05) is 6.07 Å². The zero-order chi connectivity index (χ0) is 13.1. The summed E-state index contributed by atoms with van der Waals surface area (Å²) in [4.78, 5) is 11.6. The van der Waals surface area contributed by atoms with Crippen molar-refractivity contribution in [1.82, 2.24) is 20.2 Å². The van der Waals surface area contributed by atoms with Crippen molar-refractivity contribution in [3.8, 4) is 0 Å². The average molecular weight is 250 g/mol. The molecular weight excluding hydrogens is 236 g/mol. The van der Waals surface area contributed by atoms with E-state index in [0.29, 0.717) is 24.6 Å². The van der Waals surface area contributed by atoms with Crippen LogP contribution in [0.15, 0.2) is 10.6 Å². The lowest BCUT2D eigenvalue weighted by Crippen LogP contribution is -2.08. The highest BCUT2D eigenvalue weighted by Crippen LogP contribution is 2.09. The number of aromatic nitrogens is 4. The van der Waals surface area contributed by atoms with Gasteiger partial charge in [-0.3, -0.25) is 0 Å². The minimum atomic E-state index is -0.463. The minimum Gasteiger partial charge on any atom is -0.461 e. The molecule has 0 aliphatic heterocycles. The van der Waals surface area contributed by atoms with Gasteiger partial charge in [-0.1, -0.05) is 10.4 Å². The summed E-state index contributed by atoms with van der Waals surface area (Å²) in [7, 11) is 0. The number of esters is 1. The van der Waals surface area contributed by atoms with Crippen molar-refractivity contribution in [3.05, 3.63) is 28.9 Å². The van der Waals surface area contributed by atoms with Crippen LogP contribution in [0.25, 0.3) is 0 Å². The molecule has 0 spiro atoms. The Morgan fingerprint density at radius 3 is 2.89 bits per heavy atom. The molecule has 2 aromatic rings. The molecule has 0 radical (unpaired) electrons. The number of nitrogens with zero attached hydrogens (tertiary/aromatic N) is 4. The summed E-state index contributed by atoms with van der Waals surface area (Å²) in [5, 5.41) is 11.5. The van der Waals surface area contributed by atoms with Gasteiger partial charge in [0.15, 0.2) is 11.5 Å². The van der Waals surface area contributed by atoms with Crippen LogP contribution in [0.4, 0.5) is 0 Å². The van der Waals surface area contributed by atoms with Gasteiger partial charge >= 0.3 is 5.97 Å². The Kier molecular flexibility index (Phi) is 3.40. The highest BCUT2D eigenvalue weighted by molar-refractivity contribution is 5.88. The fraction of sp³-hybridized carbons (Fsp3) is 0.455. The van der Waals surface area contributed by atoms with E-state index in [9.17, 15) is 4.79 Å². The molecule has 0 unspecified atom stereocenters. The lowest BCUT2D eigenvalue weighted by Gasteiger charge is -2.00. The van der Waals surface area contributed by atoms with E-state index in [2.05, 4.69) is 15.5 Å². The van der Waals surface area contributed by atoms with Crippen LogP contribution in [0.5, 0.6) is 0 Å². The Labute approximate surface area is 104 Å². The van der Waals surface area contributed by atoms with Crippen molar-refractivity contribution in [2.45, 2.75) is 27.3 Å². The summed E-state index contributed by atoms with van der Waals surface area (Å²) in [5.41, 5.74) is 1.67. The number of rotatable bonds is 4. The van der Waals surface area contributed by atoms with Gasteiger partial charge in [-0.2, -0.15) is 0 Å². The highest BCUT2D eigenvalue weighted by Gasteiger charge is 2.18. The van der Waals surface area contributed by atoms with Crippen LogP contribution >= 0.6 is 0 Å². The van der Waals surface area contributed by atoms with E-state index < -0.39 is 5.97 Å². The van der Waals surface area contributed by atoms with Gasteiger partial charge in [-0.25, -0.2) is 9.48 Å². The van der Waals surface area contributed by atoms with Gasteiger partial charge in [0.25, 0.3) is 0 Å². The number of carbonyl (C=O) groups is 1. The molecule has 2 aromatic heterocycles. The predicted molar refractivity (Wildman–Crippen MR) is 61.1 cm³/mol. The maximum Gasteiger partial charge on any atom is 0.360 e. The third-order valence-electron chi connectivity index (χ3n) is 2.43. The predicted octanol–water partition coefficient (Wildman–Crippen LogP) is 1.11. The molecule has 7 nitrogen and oxygen atoms in total. The number of ether oxygens (including phenoxy) is 1. The first-order valence-electron chi connectivity index (χ1n) is 5.61. The third-order valence-corrected chi connectivity index (χ3v) is 2.43. The average Bonchev–Trinajstić information content (AvgIpc) is 2.88. The van der Waals surface area contributed by atoms with Crippen LogP contribution in [0.2, 0.25) is 0 Å². The molecule has 2 heterocycles. The fourth-order valence-electron chi connectivity index (χ4n) is 1.54. The number of carbonyl (C=O) groups excluding carboxylic acids is 1. The van der Waals surface area contributed by atoms with Gasteiger partial charge in [0.2, 0.25) is 0 Å². The molecule has 0 bridgehead atoms. The van der Waals surface area contributed by atoms with Crippen LogP contribution in [0, 0.1) is 13.8 Å². The topological polar surface area (TPSA) is 83.0 Å². The summed E-state index contributed by atoms with van der Waals surface area (Å²) >= 11 is 0. The standard InChI is InChI=1S/C11H14N4O3/c1-4-17-11(16)10-8(3)15(14-12-10)6-9-5-7(2)13-18-9/h5H,4,6H2,1-3H3.